The lowest BCUT2D eigenvalue weighted by molar-refractivity contribution is 1.33. The molecule has 0 amide bonds. The third kappa shape index (κ3) is 2.36. The first-order valence-electron chi connectivity index (χ1n) is 5.80. The highest BCUT2D eigenvalue weighted by atomic mass is 32.2. The molecule has 2 aromatic carbocycles. The molecule has 88 valence electrons. The predicted molar refractivity (Wildman–Crippen MR) is 78.4 cm³/mol. The quantitative estimate of drug-likeness (QED) is 0.801. The Morgan fingerprint density at radius 3 is 2.06 bits per heavy atom. The smallest absolute Gasteiger partial charge is 0.156 e. The SMILES string of the molecule is c1ccc(C2=NCSC(c3ccccc3)=N2)cc1. The second kappa shape index (κ2) is 5.19. The van der Waals surface area contributed by atoms with Gasteiger partial charge in [-0.3, -0.25) is 4.99 Å². The van der Waals surface area contributed by atoms with Gasteiger partial charge >= 0.3 is 0 Å². The van der Waals surface area contributed by atoms with Gasteiger partial charge in [0.15, 0.2) is 5.84 Å². The fourth-order valence-corrected chi connectivity index (χ4v) is 2.55. The highest BCUT2D eigenvalue weighted by molar-refractivity contribution is 8.14. The van der Waals surface area contributed by atoms with Gasteiger partial charge in [-0.2, -0.15) is 0 Å². The van der Waals surface area contributed by atoms with Crippen molar-refractivity contribution >= 4 is 22.6 Å². The summed E-state index contributed by atoms with van der Waals surface area (Å²) >= 11 is 1.68. The van der Waals surface area contributed by atoms with Gasteiger partial charge in [-0.25, -0.2) is 4.99 Å². The van der Waals surface area contributed by atoms with Crippen LogP contribution in [-0.2, 0) is 0 Å². The Kier molecular flexibility index (Phi) is 3.24. The molecule has 0 unspecified atom stereocenters. The maximum Gasteiger partial charge on any atom is 0.156 e. The lowest BCUT2D eigenvalue weighted by atomic mass is 10.2. The fourth-order valence-electron chi connectivity index (χ4n) is 1.79. The molecule has 2 aromatic rings. The van der Waals surface area contributed by atoms with E-state index in [1.54, 1.807) is 11.8 Å². The standard InChI is InChI=1S/C15H12N2S/c1-3-7-12(8-4-1)14-16-11-18-15(17-14)13-9-5-2-6-10-13/h1-10H,11H2. The first kappa shape index (κ1) is 11.2. The van der Waals surface area contributed by atoms with E-state index < -0.39 is 0 Å². The summed E-state index contributed by atoms with van der Waals surface area (Å²) in [6, 6.07) is 20.4. The third-order valence-electron chi connectivity index (χ3n) is 2.68. The van der Waals surface area contributed by atoms with Crippen LogP contribution in [0.5, 0.6) is 0 Å². The van der Waals surface area contributed by atoms with Crippen LogP contribution in [0.4, 0.5) is 0 Å². The van der Waals surface area contributed by atoms with E-state index in [1.165, 1.54) is 0 Å². The van der Waals surface area contributed by atoms with Gasteiger partial charge in [0, 0.05) is 11.1 Å². The zero-order chi connectivity index (χ0) is 12.2. The Morgan fingerprint density at radius 2 is 1.39 bits per heavy atom. The van der Waals surface area contributed by atoms with E-state index >= 15 is 0 Å². The van der Waals surface area contributed by atoms with Crippen molar-refractivity contribution < 1.29 is 0 Å². The van der Waals surface area contributed by atoms with Crippen LogP contribution in [-0.4, -0.2) is 16.8 Å². The maximum absolute atomic E-state index is 4.65. The summed E-state index contributed by atoms with van der Waals surface area (Å²) in [5.41, 5.74) is 2.23. The van der Waals surface area contributed by atoms with E-state index in [9.17, 15) is 0 Å². The molecule has 0 bridgehead atoms. The molecular formula is C15H12N2S. The number of hydrogen-bond acceptors (Lipinski definition) is 3. The topological polar surface area (TPSA) is 24.7 Å². The molecule has 1 aliphatic heterocycles. The van der Waals surface area contributed by atoms with Crippen LogP contribution in [0, 0.1) is 0 Å². The van der Waals surface area contributed by atoms with Crippen LogP contribution in [0.1, 0.15) is 11.1 Å². The fraction of sp³-hybridized carbons (Fsp3) is 0.0667. The van der Waals surface area contributed by atoms with Gasteiger partial charge in [0.2, 0.25) is 0 Å². The van der Waals surface area contributed by atoms with Crippen LogP contribution >= 0.6 is 11.8 Å². The van der Waals surface area contributed by atoms with E-state index in [4.69, 9.17) is 0 Å². The van der Waals surface area contributed by atoms with Crippen molar-refractivity contribution in [2.24, 2.45) is 9.98 Å². The van der Waals surface area contributed by atoms with Crippen LogP contribution in [0.3, 0.4) is 0 Å². The Labute approximate surface area is 110 Å². The molecule has 0 aromatic heterocycles. The van der Waals surface area contributed by atoms with Gasteiger partial charge in [0.25, 0.3) is 0 Å². The molecule has 0 aliphatic carbocycles. The molecule has 2 nitrogen and oxygen atoms in total. The Morgan fingerprint density at radius 1 is 0.778 bits per heavy atom. The molecule has 0 fully saturated rings. The average molecular weight is 252 g/mol. The van der Waals surface area contributed by atoms with Gasteiger partial charge in [-0.05, 0) is 0 Å². The molecule has 3 heteroatoms. The second-order valence-electron chi connectivity index (χ2n) is 3.90. The number of benzene rings is 2. The molecule has 3 rings (SSSR count). The summed E-state index contributed by atoms with van der Waals surface area (Å²) in [7, 11) is 0. The largest absolute Gasteiger partial charge is 0.255 e. The second-order valence-corrected chi connectivity index (χ2v) is 4.84. The van der Waals surface area contributed by atoms with E-state index in [1.807, 2.05) is 48.5 Å². The van der Waals surface area contributed by atoms with Crippen molar-refractivity contribution in [3.63, 3.8) is 0 Å². The molecule has 0 atom stereocenters. The molecule has 0 saturated heterocycles. The first-order valence-corrected chi connectivity index (χ1v) is 6.79. The predicted octanol–water partition coefficient (Wildman–Crippen LogP) is 3.58. The number of hydrogen-bond donors (Lipinski definition) is 0. The van der Waals surface area contributed by atoms with Crippen molar-refractivity contribution in [2.75, 3.05) is 5.88 Å². The monoisotopic (exact) mass is 252 g/mol. The van der Waals surface area contributed by atoms with Crippen LogP contribution < -0.4 is 0 Å². The average Bonchev–Trinajstić information content (AvgIpc) is 2.49. The van der Waals surface area contributed by atoms with Gasteiger partial charge in [0.05, 0.1) is 5.88 Å². The van der Waals surface area contributed by atoms with Crippen molar-refractivity contribution in [3.8, 4) is 0 Å². The summed E-state index contributed by atoms with van der Waals surface area (Å²) in [5, 5.41) is 1.05. The lowest BCUT2D eigenvalue weighted by Crippen LogP contribution is -2.09. The summed E-state index contributed by atoms with van der Waals surface area (Å²) in [6.45, 7) is 0. The Balaban J connectivity index is 1.95. The van der Waals surface area contributed by atoms with Crippen LogP contribution in [0.25, 0.3) is 0 Å². The van der Waals surface area contributed by atoms with Gasteiger partial charge in [-0.1, -0.05) is 72.4 Å². The van der Waals surface area contributed by atoms with Gasteiger partial charge in [-0.15, -0.1) is 0 Å². The number of rotatable bonds is 2. The van der Waals surface area contributed by atoms with E-state index in [2.05, 4.69) is 22.1 Å². The summed E-state index contributed by atoms with van der Waals surface area (Å²) in [6.07, 6.45) is 0. The van der Waals surface area contributed by atoms with Crippen molar-refractivity contribution in [1.29, 1.82) is 0 Å². The van der Waals surface area contributed by atoms with E-state index in [-0.39, 0.29) is 0 Å². The van der Waals surface area contributed by atoms with E-state index in [0.717, 1.165) is 27.9 Å². The lowest BCUT2D eigenvalue weighted by Gasteiger charge is -2.11. The number of amidine groups is 1. The summed E-state index contributed by atoms with van der Waals surface area (Å²) in [5.74, 6) is 1.56. The zero-order valence-electron chi connectivity index (χ0n) is 9.78. The number of thioether (sulfide) groups is 1. The Hall–Kier alpha value is -1.87. The van der Waals surface area contributed by atoms with Gasteiger partial charge in [0.1, 0.15) is 5.04 Å². The Bertz CT molecular complexity index is 588. The highest BCUT2D eigenvalue weighted by Gasteiger charge is 2.12. The number of aliphatic imine (C=N–C) groups is 2. The third-order valence-corrected chi connectivity index (χ3v) is 3.53. The maximum atomic E-state index is 4.65. The highest BCUT2D eigenvalue weighted by Crippen LogP contribution is 2.20. The van der Waals surface area contributed by atoms with Crippen LogP contribution in [0.2, 0.25) is 0 Å². The van der Waals surface area contributed by atoms with Gasteiger partial charge < -0.3 is 0 Å². The minimum atomic E-state index is 0.734. The molecule has 18 heavy (non-hydrogen) atoms. The molecule has 0 spiro atoms. The molecule has 1 heterocycles. The molecule has 0 radical (unpaired) electrons. The molecular weight excluding hydrogens is 240 g/mol. The summed E-state index contributed by atoms with van der Waals surface area (Å²) < 4.78 is 0. The minimum Gasteiger partial charge on any atom is -0.255 e. The zero-order valence-corrected chi connectivity index (χ0v) is 10.6. The van der Waals surface area contributed by atoms with E-state index in [0.29, 0.717) is 0 Å². The molecule has 0 N–H and O–H groups in total. The normalized spacial score (nSPS) is 14.9. The van der Waals surface area contributed by atoms with Crippen LogP contribution in [0.15, 0.2) is 70.6 Å². The summed E-state index contributed by atoms with van der Waals surface area (Å²) in [4.78, 5) is 9.12. The number of nitrogens with zero attached hydrogens (tertiary/aromatic N) is 2. The minimum absolute atomic E-state index is 0.734. The van der Waals surface area contributed by atoms with Crippen molar-refractivity contribution in [3.05, 3.63) is 71.8 Å². The first-order chi connectivity index (χ1) is 8.93. The molecule has 1 aliphatic rings. The molecule has 0 saturated carbocycles. The van der Waals surface area contributed by atoms with Crippen molar-refractivity contribution in [2.45, 2.75) is 0 Å². The van der Waals surface area contributed by atoms with Crippen molar-refractivity contribution in [1.82, 2.24) is 0 Å².